The van der Waals surface area contributed by atoms with E-state index >= 15 is 0 Å². The molecule has 7 heteroatoms. The highest BCUT2D eigenvalue weighted by Crippen LogP contribution is 2.40. The maximum absolute atomic E-state index is 12.5. The average Bonchev–Trinajstić information content (AvgIpc) is 2.98. The fourth-order valence-corrected chi connectivity index (χ4v) is 4.20. The van der Waals surface area contributed by atoms with E-state index in [1.165, 1.54) is 11.3 Å². The Balaban J connectivity index is 1.86. The molecule has 1 aliphatic rings. The SMILES string of the molecule is Cc1nn(C)c(Cl)c1C1NC(=O)c2sc3ccccc3c2N1. The van der Waals surface area contributed by atoms with Gasteiger partial charge in [0.1, 0.15) is 16.2 Å². The molecular weight excluding hydrogens is 320 g/mol. The highest BCUT2D eigenvalue weighted by molar-refractivity contribution is 7.21. The quantitative estimate of drug-likeness (QED) is 0.717. The molecular formula is C15H13ClN4OS. The zero-order chi connectivity index (χ0) is 15.4. The molecule has 112 valence electrons. The number of halogens is 1. The average molecular weight is 333 g/mol. The summed E-state index contributed by atoms with van der Waals surface area (Å²) in [5.74, 6) is -0.0840. The van der Waals surface area contributed by atoms with Crippen molar-refractivity contribution in [2.45, 2.75) is 13.1 Å². The van der Waals surface area contributed by atoms with Gasteiger partial charge in [-0.2, -0.15) is 5.10 Å². The standard InChI is InChI=1S/C15H13ClN4OS/c1-7-10(13(16)20(2)19-7)14-17-11-8-5-3-4-6-9(8)22-12(11)15(21)18-14/h3-6,14,17H,1-2H3,(H,18,21). The summed E-state index contributed by atoms with van der Waals surface area (Å²) < 4.78 is 2.70. The second-order valence-corrected chi connectivity index (χ2v) is 6.68. The molecule has 0 saturated carbocycles. The maximum atomic E-state index is 12.5. The minimum atomic E-state index is -0.376. The van der Waals surface area contributed by atoms with E-state index in [0.717, 1.165) is 27.0 Å². The third-order valence-electron chi connectivity index (χ3n) is 3.85. The van der Waals surface area contributed by atoms with Gasteiger partial charge in [-0.05, 0) is 13.0 Å². The van der Waals surface area contributed by atoms with E-state index < -0.39 is 0 Å². The van der Waals surface area contributed by atoms with Crippen molar-refractivity contribution in [2.24, 2.45) is 7.05 Å². The van der Waals surface area contributed by atoms with Crippen molar-refractivity contribution in [1.29, 1.82) is 0 Å². The third kappa shape index (κ3) is 1.84. The summed E-state index contributed by atoms with van der Waals surface area (Å²) in [6, 6.07) is 7.98. The number of benzene rings is 1. The van der Waals surface area contributed by atoms with Crippen molar-refractivity contribution in [3.8, 4) is 0 Å². The molecule has 1 amide bonds. The van der Waals surface area contributed by atoms with Crippen molar-refractivity contribution in [3.05, 3.63) is 45.6 Å². The Bertz CT molecular complexity index is 914. The number of carbonyl (C=O) groups excluding carboxylic acids is 1. The van der Waals surface area contributed by atoms with Crippen LogP contribution in [-0.2, 0) is 7.05 Å². The smallest absolute Gasteiger partial charge is 0.265 e. The first-order valence-corrected chi connectivity index (χ1v) is 8.03. The first-order valence-electron chi connectivity index (χ1n) is 6.84. The first kappa shape index (κ1) is 13.6. The minimum Gasteiger partial charge on any atom is -0.360 e. The van der Waals surface area contributed by atoms with Crippen molar-refractivity contribution < 1.29 is 4.79 Å². The second-order valence-electron chi connectivity index (χ2n) is 5.27. The Morgan fingerprint density at radius 1 is 1.32 bits per heavy atom. The summed E-state index contributed by atoms with van der Waals surface area (Å²) in [5, 5.41) is 12.3. The van der Waals surface area contributed by atoms with Crippen molar-refractivity contribution >= 4 is 44.6 Å². The molecule has 1 aromatic carbocycles. The summed E-state index contributed by atoms with van der Waals surface area (Å²) in [6.45, 7) is 1.89. The van der Waals surface area contributed by atoms with Gasteiger partial charge in [-0.1, -0.05) is 29.8 Å². The van der Waals surface area contributed by atoms with E-state index in [1.807, 2.05) is 31.2 Å². The number of aromatic nitrogens is 2. The number of hydrogen-bond acceptors (Lipinski definition) is 4. The summed E-state index contributed by atoms with van der Waals surface area (Å²) in [4.78, 5) is 13.2. The molecule has 3 aromatic rings. The van der Waals surface area contributed by atoms with Crippen LogP contribution < -0.4 is 10.6 Å². The zero-order valence-electron chi connectivity index (χ0n) is 12.0. The third-order valence-corrected chi connectivity index (χ3v) is 5.47. The lowest BCUT2D eigenvalue weighted by molar-refractivity contribution is 0.0940. The molecule has 1 atom stereocenters. The van der Waals surface area contributed by atoms with Gasteiger partial charge in [-0.3, -0.25) is 9.48 Å². The van der Waals surface area contributed by atoms with Crippen molar-refractivity contribution in [2.75, 3.05) is 5.32 Å². The molecule has 22 heavy (non-hydrogen) atoms. The van der Waals surface area contributed by atoms with E-state index in [9.17, 15) is 4.79 Å². The number of fused-ring (bicyclic) bond motifs is 3. The molecule has 2 aromatic heterocycles. The number of rotatable bonds is 1. The monoisotopic (exact) mass is 332 g/mol. The van der Waals surface area contributed by atoms with Gasteiger partial charge in [-0.25, -0.2) is 0 Å². The molecule has 0 radical (unpaired) electrons. The van der Waals surface area contributed by atoms with Crippen LogP contribution in [0.25, 0.3) is 10.1 Å². The van der Waals surface area contributed by atoms with E-state index in [2.05, 4.69) is 15.7 Å². The van der Waals surface area contributed by atoms with Gasteiger partial charge < -0.3 is 10.6 Å². The van der Waals surface area contributed by atoms with Crippen LogP contribution in [0, 0.1) is 6.92 Å². The van der Waals surface area contributed by atoms with Gasteiger partial charge in [0.05, 0.1) is 16.9 Å². The fraction of sp³-hybridized carbons (Fsp3) is 0.200. The van der Waals surface area contributed by atoms with Crippen LogP contribution in [0.1, 0.15) is 27.1 Å². The molecule has 0 bridgehead atoms. The maximum Gasteiger partial charge on any atom is 0.265 e. The van der Waals surface area contributed by atoms with E-state index in [1.54, 1.807) is 11.7 Å². The van der Waals surface area contributed by atoms with Gasteiger partial charge in [0.25, 0.3) is 5.91 Å². The molecule has 3 heterocycles. The van der Waals surface area contributed by atoms with Crippen LogP contribution in [0.2, 0.25) is 5.15 Å². The summed E-state index contributed by atoms with van der Waals surface area (Å²) >= 11 is 7.82. The van der Waals surface area contributed by atoms with Crippen LogP contribution in [0.3, 0.4) is 0 Å². The first-order chi connectivity index (χ1) is 10.6. The van der Waals surface area contributed by atoms with Crippen molar-refractivity contribution in [1.82, 2.24) is 15.1 Å². The molecule has 2 N–H and O–H groups in total. The van der Waals surface area contributed by atoms with Gasteiger partial charge in [0.15, 0.2) is 0 Å². The number of hydrogen-bond donors (Lipinski definition) is 2. The van der Waals surface area contributed by atoms with E-state index in [4.69, 9.17) is 11.6 Å². The molecule has 0 saturated heterocycles. The molecule has 1 unspecified atom stereocenters. The van der Waals surface area contributed by atoms with Crippen molar-refractivity contribution in [3.63, 3.8) is 0 Å². The Hall–Kier alpha value is -2.05. The summed E-state index contributed by atoms with van der Waals surface area (Å²) in [5.41, 5.74) is 2.47. The van der Waals surface area contributed by atoms with Gasteiger partial charge in [0, 0.05) is 17.1 Å². The number of anilines is 1. The number of amides is 1. The number of nitrogens with zero attached hydrogens (tertiary/aromatic N) is 2. The normalized spacial score (nSPS) is 17.2. The number of nitrogens with one attached hydrogen (secondary N) is 2. The Morgan fingerprint density at radius 3 is 2.82 bits per heavy atom. The lowest BCUT2D eigenvalue weighted by Gasteiger charge is -2.26. The molecule has 5 nitrogen and oxygen atoms in total. The van der Waals surface area contributed by atoms with Gasteiger partial charge in [-0.15, -0.1) is 11.3 Å². The largest absolute Gasteiger partial charge is 0.360 e. The molecule has 0 fully saturated rings. The number of thiophene rings is 1. The fourth-order valence-electron chi connectivity index (χ4n) is 2.84. The second kappa shape index (κ2) is 4.72. The Labute approximate surface area is 135 Å². The minimum absolute atomic E-state index is 0.0840. The van der Waals surface area contributed by atoms with Crippen LogP contribution in [-0.4, -0.2) is 15.7 Å². The number of aryl methyl sites for hydroxylation is 2. The number of carbonyl (C=O) groups is 1. The van der Waals surface area contributed by atoms with E-state index in [-0.39, 0.29) is 12.1 Å². The van der Waals surface area contributed by atoms with Gasteiger partial charge in [0.2, 0.25) is 0 Å². The summed E-state index contributed by atoms with van der Waals surface area (Å²) in [6.07, 6.45) is -0.376. The highest BCUT2D eigenvalue weighted by Gasteiger charge is 2.31. The van der Waals surface area contributed by atoms with Gasteiger partial charge >= 0.3 is 0 Å². The summed E-state index contributed by atoms with van der Waals surface area (Å²) in [7, 11) is 1.79. The Morgan fingerprint density at radius 2 is 2.09 bits per heavy atom. The predicted octanol–water partition coefficient (Wildman–Crippen LogP) is 3.45. The lowest BCUT2D eigenvalue weighted by Crippen LogP contribution is -2.38. The molecule has 0 spiro atoms. The Kier molecular flexibility index (Phi) is 2.92. The van der Waals surface area contributed by atoms with Crippen LogP contribution in [0.4, 0.5) is 5.69 Å². The highest BCUT2D eigenvalue weighted by atomic mass is 35.5. The van der Waals surface area contributed by atoms with Crippen LogP contribution in [0.15, 0.2) is 24.3 Å². The lowest BCUT2D eigenvalue weighted by atomic mass is 10.1. The predicted molar refractivity (Wildman–Crippen MR) is 88.6 cm³/mol. The van der Waals surface area contributed by atoms with E-state index in [0.29, 0.717) is 10.0 Å². The van der Waals surface area contributed by atoms with Crippen LogP contribution >= 0.6 is 22.9 Å². The molecule has 0 aliphatic carbocycles. The zero-order valence-corrected chi connectivity index (χ0v) is 13.5. The molecule has 1 aliphatic heterocycles. The topological polar surface area (TPSA) is 59.0 Å². The van der Waals surface area contributed by atoms with Crippen LogP contribution in [0.5, 0.6) is 0 Å². The molecule has 4 rings (SSSR count).